The van der Waals surface area contributed by atoms with Crippen LogP contribution in [0.2, 0.25) is 0 Å². The van der Waals surface area contributed by atoms with Crippen molar-refractivity contribution in [1.29, 1.82) is 0 Å². The van der Waals surface area contributed by atoms with E-state index < -0.39 is 0 Å². The van der Waals surface area contributed by atoms with Gasteiger partial charge in [-0.25, -0.2) is 0 Å². The highest BCUT2D eigenvalue weighted by molar-refractivity contribution is 6.05. The molecule has 5 rings (SSSR count). The average Bonchev–Trinajstić information content (AvgIpc) is 3.39. The molecule has 6 heteroatoms. The van der Waals surface area contributed by atoms with E-state index in [-0.39, 0.29) is 11.9 Å². The third-order valence-corrected chi connectivity index (χ3v) is 6.74. The number of H-pyrrole nitrogens is 1. The van der Waals surface area contributed by atoms with Crippen LogP contribution in [0.4, 0.5) is 0 Å². The fourth-order valence-electron chi connectivity index (χ4n) is 5.19. The van der Waals surface area contributed by atoms with Gasteiger partial charge < -0.3 is 15.0 Å². The maximum absolute atomic E-state index is 13.0. The van der Waals surface area contributed by atoms with Crippen LogP contribution in [0.3, 0.4) is 0 Å². The maximum Gasteiger partial charge on any atom is 0.272 e. The molecule has 3 heterocycles. The molecule has 1 amide bonds. The van der Waals surface area contributed by atoms with Crippen molar-refractivity contribution in [3.05, 3.63) is 23.9 Å². The topological polar surface area (TPSA) is 70.2 Å². The number of nitrogens with zero attached hydrogens (tertiary/aromatic N) is 2. The standard InChI is InChI=1S/C22H30N4O2/c27-22(23-20-14-26-11-5-1-2-6-15(20)13-26)21-18-12-17(9-10-19(18)24-25-21)28-16-7-3-4-8-16/h9-10,12,15-16,20H,1-8,11,13-14H2,(H,23,27)(H,24,25)/t15-,20+/m0/s1. The van der Waals surface area contributed by atoms with E-state index in [9.17, 15) is 4.79 Å². The number of carbonyl (C=O) groups excluding carboxylic acids is 1. The van der Waals surface area contributed by atoms with E-state index >= 15 is 0 Å². The molecule has 2 bridgehead atoms. The van der Waals surface area contributed by atoms with E-state index in [1.165, 1.54) is 38.5 Å². The molecule has 3 fully saturated rings. The van der Waals surface area contributed by atoms with Crippen molar-refractivity contribution in [3.63, 3.8) is 0 Å². The lowest BCUT2D eigenvalue weighted by molar-refractivity contribution is 0.0926. The summed E-state index contributed by atoms with van der Waals surface area (Å²) in [7, 11) is 0. The van der Waals surface area contributed by atoms with Gasteiger partial charge in [-0.1, -0.05) is 12.8 Å². The molecule has 3 aliphatic rings. The molecule has 1 aromatic heterocycles. The molecule has 0 spiro atoms. The van der Waals surface area contributed by atoms with Crippen LogP contribution in [0.15, 0.2) is 18.2 Å². The zero-order chi connectivity index (χ0) is 18.9. The molecule has 1 unspecified atom stereocenters. The van der Waals surface area contributed by atoms with Gasteiger partial charge in [-0.15, -0.1) is 0 Å². The van der Waals surface area contributed by atoms with Crippen LogP contribution >= 0.6 is 0 Å². The average molecular weight is 383 g/mol. The van der Waals surface area contributed by atoms with Gasteiger partial charge in [0.1, 0.15) is 5.75 Å². The summed E-state index contributed by atoms with van der Waals surface area (Å²) < 4.78 is 6.13. The van der Waals surface area contributed by atoms with E-state index in [0.717, 1.165) is 49.1 Å². The van der Waals surface area contributed by atoms with Crippen LogP contribution in [0.25, 0.3) is 10.9 Å². The summed E-state index contributed by atoms with van der Waals surface area (Å²) in [5.74, 6) is 1.33. The molecular weight excluding hydrogens is 352 g/mol. The Balaban J connectivity index is 1.32. The summed E-state index contributed by atoms with van der Waals surface area (Å²) >= 11 is 0. The van der Waals surface area contributed by atoms with Crippen molar-refractivity contribution in [2.45, 2.75) is 63.5 Å². The van der Waals surface area contributed by atoms with E-state index in [4.69, 9.17) is 4.74 Å². The second-order valence-electron chi connectivity index (χ2n) is 8.75. The van der Waals surface area contributed by atoms with Gasteiger partial charge in [0.25, 0.3) is 5.91 Å². The Labute approximate surface area is 166 Å². The summed E-state index contributed by atoms with van der Waals surface area (Å²) in [6.07, 6.45) is 10.1. The van der Waals surface area contributed by atoms with E-state index in [2.05, 4.69) is 20.4 Å². The predicted octanol–water partition coefficient (Wildman–Crippen LogP) is 3.49. The van der Waals surface area contributed by atoms with Crippen molar-refractivity contribution >= 4 is 16.8 Å². The quantitative estimate of drug-likeness (QED) is 0.849. The summed E-state index contributed by atoms with van der Waals surface area (Å²) in [5, 5.41) is 11.5. The van der Waals surface area contributed by atoms with Crippen LogP contribution < -0.4 is 10.1 Å². The molecule has 6 nitrogen and oxygen atoms in total. The van der Waals surface area contributed by atoms with Crippen molar-refractivity contribution in [1.82, 2.24) is 20.4 Å². The Morgan fingerprint density at radius 3 is 2.86 bits per heavy atom. The van der Waals surface area contributed by atoms with Crippen molar-refractivity contribution in [2.75, 3.05) is 19.6 Å². The van der Waals surface area contributed by atoms with Gasteiger partial charge in [0, 0.05) is 24.5 Å². The SMILES string of the molecule is O=C(N[C@@H]1CN2CCCCC[C@H]1C2)c1n[nH]c2ccc(OC3CCCC3)cc12. The molecule has 1 aromatic carbocycles. The molecule has 1 aliphatic carbocycles. The van der Waals surface area contributed by atoms with Crippen molar-refractivity contribution in [3.8, 4) is 5.75 Å². The lowest BCUT2D eigenvalue weighted by Gasteiger charge is -2.20. The molecule has 2 N–H and O–H groups in total. The fraction of sp³-hybridized carbons (Fsp3) is 0.636. The molecule has 3 atom stereocenters. The third-order valence-electron chi connectivity index (χ3n) is 6.74. The van der Waals surface area contributed by atoms with E-state index in [0.29, 0.717) is 17.7 Å². The van der Waals surface area contributed by atoms with Gasteiger partial charge in [-0.05, 0) is 69.2 Å². The van der Waals surface area contributed by atoms with Gasteiger partial charge >= 0.3 is 0 Å². The highest BCUT2D eigenvalue weighted by Crippen LogP contribution is 2.29. The Morgan fingerprint density at radius 2 is 1.96 bits per heavy atom. The van der Waals surface area contributed by atoms with Crippen LogP contribution in [0.5, 0.6) is 5.75 Å². The number of ether oxygens (including phenoxy) is 1. The second-order valence-corrected chi connectivity index (χ2v) is 8.75. The first-order valence-electron chi connectivity index (χ1n) is 10.9. The van der Waals surface area contributed by atoms with Crippen LogP contribution in [-0.4, -0.2) is 52.8 Å². The molecule has 28 heavy (non-hydrogen) atoms. The number of carbonyl (C=O) groups is 1. The van der Waals surface area contributed by atoms with Gasteiger partial charge in [0.05, 0.1) is 11.6 Å². The lowest BCUT2D eigenvalue weighted by atomic mass is 9.95. The third kappa shape index (κ3) is 3.62. The number of nitrogens with one attached hydrogen (secondary N) is 2. The first kappa shape index (κ1) is 18.0. The molecule has 1 saturated carbocycles. The van der Waals surface area contributed by atoms with E-state index in [1.54, 1.807) is 0 Å². The molecule has 2 saturated heterocycles. The zero-order valence-electron chi connectivity index (χ0n) is 16.5. The first-order chi connectivity index (χ1) is 13.8. The summed E-state index contributed by atoms with van der Waals surface area (Å²) in [4.78, 5) is 15.5. The smallest absolute Gasteiger partial charge is 0.272 e. The van der Waals surface area contributed by atoms with Crippen molar-refractivity contribution in [2.24, 2.45) is 5.92 Å². The fourth-order valence-corrected chi connectivity index (χ4v) is 5.19. The highest BCUT2D eigenvalue weighted by atomic mass is 16.5. The largest absolute Gasteiger partial charge is 0.490 e. The number of rotatable bonds is 4. The summed E-state index contributed by atoms with van der Waals surface area (Å²) in [6.45, 7) is 3.25. The maximum atomic E-state index is 13.0. The van der Waals surface area contributed by atoms with Gasteiger partial charge in [-0.3, -0.25) is 9.89 Å². The molecule has 0 radical (unpaired) electrons. The van der Waals surface area contributed by atoms with Crippen LogP contribution in [0, 0.1) is 5.92 Å². The first-order valence-corrected chi connectivity index (χ1v) is 10.9. The Kier molecular flexibility index (Phi) is 4.97. The molecule has 150 valence electrons. The summed E-state index contributed by atoms with van der Waals surface area (Å²) in [6, 6.07) is 6.14. The Bertz CT molecular complexity index is 842. The molecule has 2 aliphatic heterocycles. The van der Waals surface area contributed by atoms with E-state index in [1.807, 2.05) is 18.2 Å². The normalized spacial score (nSPS) is 28.2. The van der Waals surface area contributed by atoms with Gasteiger partial charge in [0.15, 0.2) is 5.69 Å². The number of amides is 1. The highest BCUT2D eigenvalue weighted by Gasteiger charge is 2.34. The Morgan fingerprint density at radius 1 is 1.11 bits per heavy atom. The number of benzene rings is 1. The number of fused-ring (bicyclic) bond motifs is 3. The van der Waals surface area contributed by atoms with Crippen LogP contribution in [-0.2, 0) is 0 Å². The number of aromatic amines is 1. The Hall–Kier alpha value is -2.08. The number of hydrogen-bond acceptors (Lipinski definition) is 4. The number of hydrogen-bond donors (Lipinski definition) is 2. The minimum absolute atomic E-state index is 0.0691. The minimum atomic E-state index is -0.0691. The lowest BCUT2D eigenvalue weighted by Crippen LogP contribution is -2.40. The predicted molar refractivity (Wildman–Crippen MR) is 109 cm³/mol. The number of aromatic nitrogens is 2. The minimum Gasteiger partial charge on any atom is -0.490 e. The van der Waals surface area contributed by atoms with Crippen LogP contribution in [0.1, 0.15) is 61.9 Å². The van der Waals surface area contributed by atoms with Gasteiger partial charge in [0.2, 0.25) is 0 Å². The zero-order valence-corrected chi connectivity index (χ0v) is 16.5. The van der Waals surface area contributed by atoms with Gasteiger partial charge in [-0.2, -0.15) is 5.10 Å². The van der Waals surface area contributed by atoms with Crippen molar-refractivity contribution < 1.29 is 9.53 Å². The monoisotopic (exact) mass is 382 g/mol. The molecule has 2 aromatic rings. The molecular formula is C22H30N4O2. The second kappa shape index (κ2) is 7.74. The summed E-state index contributed by atoms with van der Waals surface area (Å²) in [5.41, 5.74) is 1.37.